The first-order valence-corrected chi connectivity index (χ1v) is 8.15. The van der Waals surface area contributed by atoms with Crippen LogP contribution in [0.25, 0.3) is 10.6 Å². The molecule has 128 valence electrons. The molecule has 1 aliphatic rings. The molecule has 0 saturated carbocycles. The summed E-state index contributed by atoms with van der Waals surface area (Å²) in [6.45, 7) is 3.02. The molecule has 0 aliphatic carbocycles. The fourth-order valence-electron chi connectivity index (χ4n) is 2.46. The van der Waals surface area contributed by atoms with Crippen LogP contribution in [0.5, 0.6) is 0 Å². The normalized spacial score (nSPS) is 18.0. The van der Waals surface area contributed by atoms with Crippen molar-refractivity contribution in [1.82, 2.24) is 15.0 Å². The molecule has 0 spiro atoms. The third-order valence-electron chi connectivity index (χ3n) is 3.70. The minimum absolute atomic E-state index is 0.144. The molecule has 2 aromatic rings. The second-order valence-electron chi connectivity index (χ2n) is 5.45. The molecular formula is C14H14F3N5OS. The van der Waals surface area contributed by atoms with E-state index in [-0.39, 0.29) is 5.82 Å². The number of hydrogen-bond donors (Lipinski definition) is 1. The molecule has 1 N–H and O–H groups in total. The Balaban J connectivity index is 1.72. The lowest BCUT2D eigenvalue weighted by Crippen LogP contribution is -2.30. The summed E-state index contributed by atoms with van der Waals surface area (Å²) in [5.74, 6) is -1.56. The van der Waals surface area contributed by atoms with Gasteiger partial charge in [-0.05, 0) is 19.8 Å². The van der Waals surface area contributed by atoms with E-state index in [2.05, 4.69) is 26.8 Å². The van der Waals surface area contributed by atoms with Crippen LogP contribution in [0.4, 0.5) is 24.9 Å². The first-order valence-electron chi connectivity index (χ1n) is 7.27. The number of rotatable bonds is 3. The largest absolute Gasteiger partial charge is 0.471 e. The zero-order chi connectivity index (χ0) is 17.3. The summed E-state index contributed by atoms with van der Waals surface area (Å²) in [6, 6.07) is 0.389. The van der Waals surface area contributed by atoms with Crippen molar-refractivity contribution in [1.29, 1.82) is 0 Å². The maximum atomic E-state index is 12.2. The number of nitrogens with one attached hydrogen (secondary N) is 1. The highest BCUT2D eigenvalue weighted by molar-refractivity contribution is 7.13. The third-order valence-corrected chi connectivity index (χ3v) is 4.59. The van der Waals surface area contributed by atoms with Crippen molar-refractivity contribution in [3.8, 4) is 10.6 Å². The van der Waals surface area contributed by atoms with Gasteiger partial charge in [0, 0.05) is 35.9 Å². The van der Waals surface area contributed by atoms with Crippen molar-refractivity contribution in [3.63, 3.8) is 0 Å². The van der Waals surface area contributed by atoms with Crippen molar-refractivity contribution in [2.45, 2.75) is 32.0 Å². The van der Waals surface area contributed by atoms with E-state index in [1.807, 2.05) is 0 Å². The molecule has 10 heteroatoms. The summed E-state index contributed by atoms with van der Waals surface area (Å²) in [5.41, 5.74) is 0.586. The highest BCUT2D eigenvalue weighted by Gasteiger charge is 2.39. The van der Waals surface area contributed by atoms with Gasteiger partial charge in [-0.1, -0.05) is 0 Å². The Morgan fingerprint density at radius 2 is 2.08 bits per heavy atom. The van der Waals surface area contributed by atoms with E-state index in [1.54, 1.807) is 17.7 Å². The fourth-order valence-corrected chi connectivity index (χ4v) is 3.19. The highest BCUT2D eigenvalue weighted by Crippen LogP contribution is 2.28. The predicted molar refractivity (Wildman–Crippen MR) is 83.9 cm³/mol. The van der Waals surface area contributed by atoms with Gasteiger partial charge in [0.1, 0.15) is 10.8 Å². The maximum Gasteiger partial charge on any atom is 0.471 e. The zero-order valence-electron chi connectivity index (χ0n) is 12.7. The highest BCUT2D eigenvalue weighted by atomic mass is 32.1. The topological polar surface area (TPSA) is 71.0 Å². The monoisotopic (exact) mass is 357 g/mol. The molecule has 0 bridgehead atoms. The van der Waals surface area contributed by atoms with Gasteiger partial charge in [0.25, 0.3) is 0 Å². The van der Waals surface area contributed by atoms with Crippen molar-refractivity contribution >= 4 is 29.0 Å². The molecular weight excluding hydrogens is 343 g/mol. The van der Waals surface area contributed by atoms with Crippen LogP contribution in [0.15, 0.2) is 17.8 Å². The van der Waals surface area contributed by atoms with Crippen LogP contribution in [0.1, 0.15) is 19.8 Å². The lowest BCUT2D eigenvalue weighted by atomic mass is 10.2. The lowest BCUT2D eigenvalue weighted by molar-refractivity contribution is -0.167. The Morgan fingerprint density at radius 3 is 2.67 bits per heavy atom. The zero-order valence-corrected chi connectivity index (χ0v) is 13.5. The van der Waals surface area contributed by atoms with E-state index in [0.29, 0.717) is 22.6 Å². The maximum absolute atomic E-state index is 12.2. The number of amides is 1. The molecule has 1 aliphatic heterocycles. The van der Waals surface area contributed by atoms with Crippen LogP contribution >= 0.6 is 11.3 Å². The van der Waals surface area contributed by atoms with Gasteiger partial charge in [-0.15, -0.1) is 11.3 Å². The van der Waals surface area contributed by atoms with Gasteiger partial charge < -0.3 is 10.2 Å². The summed E-state index contributed by atoms with van der Waals surface area (Å²) >= 11 is 1.11. The molecule has 2 aromatic heterocycles. The van der Waals surface area contributed by atoms with Crippen molar-refractivity contribution < 1.29 is 18.0 Å². The first-order chi connectivity index (χ1) is 11.3. The van der Waals surface area contributed by atoms with E-state index in [4.69, 9.17) is 0 Å². The molecule has 24 heavy (non-hydrogen) atoms. The summed E-state index contributed by atoms with van der Waals surface area (Å²) in [5, 5.41) is 3.50. The number of thiazole rings is 1. The number of aromatic nitrogens is 3. The van der Waals surface area contributed by atoms with Crippen molar-refractivity contribution in [2.75, 3.05) is 16.8 Å². The quantitative estimate of drug-likeness (QED) is 0.914. The van der Waals surface area contributed by atoms with Crippen molar-refractivity contribution in [2.24, 2.45) is 0 Å². The van der Waals surface area contributed by atoms with E-state index >= 15 is 0 Å². The average Bonchev–Trinajstić information content (AvgIpc) is 3.15. The Hall–Kier alpha value is -2.23. The molecule has 0 aromatic carbocycles. The second kappa shape index (κ2) is 6.34. The minimum Gasteiger partial charge on any atom is -0.338 e. The molecule has 1 fully saturated rings. The Morgan fingerprint density at radius 1 is 1.38 bits per heavy atom. The van der Waals surface area contributed by atoms with Crippen LogP contribution in [0.2, 0.25) is 0 Å². The number of anilines is 2. The molecule has 3 rings (SSSR count). The Labute approximate surface area is 139 Å². The fraction of sp³-hybridized carbons (Fsp3) is 0.429. The van der Waals surface area contributed by atoms with Crippen LogP contribution in [-0.2, 0) is 4.79 Å². The number of hydrogen-bond acceptors (Lipinski definition) is 6. The number of carbonyl (C=O) groups is 1. The van der Waals surface area contributed by atoms with Gasteiger partial charge in [0.2, 0.25) is 5.95 Å². The van der Waals surface area contributed by atoms with Crippen LogP contribution in [-0.4, -0.2) is 39.6 Å². The van der Waals surface area contributed by atoms with Crippen LogP contribution < -0.4 is 10.2 Å². The van der Waals surface area contributed by atoms with Gasteiger partial charge in [0.05, 0.1) is 0 Å². The Bertz CT molecular complexity index is 731. The summed E-state index contributed by atoms with van der Waals surface area (Å²) in [7, 11) is 0. The number of alkyl halides is 3. The third kappa shape index (κ3) is 3.48. The van der Waals surface area contributed by atoms with Crippen molar-refractivity contribution in [3.05, 3.63) is 17.8 Å². The molecule has 6 nitrogen and oxygen atoms in total. The summed E-state index contributed by atoms with van der Waals surface area (Å²) in [6.07, 6.45) is 0.422. The van der Waals surface area contributed by atoms with E-state index < -0.39 is 12.1 Å². The number of carbonyl (C=O) groups excluding carboxylic acids is 1. The SMILES string of the molecule is C[C@@H]1CCCN1c1ncc(-c2nc(NC(=O)C(F)(F)F)cs2)cn1. The average molecular weight is 357 g/mol. The number of nitrogens with zero attached hydrogens (tertiary/aromatic N) is 4. The molecule has 0 unspecified atom stereocenters. The Kier molecular flexibility index (Phi) is 4.39. The van der Waals surface area contributed by atoms with Gasteiger partial charge in [-0.25, -0.2) is 15.0 Å². The number of halogens is 3. The molecule has 3 heterocycles. The summed E-state index contributed by atoms with van der Waals surface area (Å²) in [4.78, 5) is 25.6. The second-order valence-corrected chi connectivity index (χ2v) is 6.30. The van der Waals surface area contributed by atoms with E-state index in [1.165, 1.54) is 5.38 Å². The van der Waals surface area contributed by atoms with Gasteiger partial charge in [-0.3, -0.25) is 4.79 Å². The molecule has 1 atom stereocenters. The van der Waals surface area contributed by atoms with E-state index in [9.17, 15) is 18.0 Å². The summed E-state index contributed by atoms with van der Waals surface area (Å²) < 4.78 is 36.7. The van der Waals surface area contributed by atoms with Gasteiger partial charge in [-0.2, -0.15) is 13.2 Å². The molecule has 1 amide bonds. The standard InChI is InChI=1S/C14H14F3N5OS/c1-8-3-2-4-22(8)13-18-5-9(6-19-13)11-20-10(7-24-11)21-12(23)14(15,16)17/h5-8H,2-4H2,1H3,(H,21,23)/t8-/m1/s1. The molecule has 1 saturated heterocycles. The predicted octanol–water partition coefficient (Wildman–Crippen LogP) is 3.09. The van der Waals surface area contributed by atoms with Gasteiger partial charge >= 0.3 is 12.1 Å². The van der Waals surface area contributed by atoms with E-state index in [0.717, 1.165) is 30.7 Å². The van der Waals surface area contributed by atoms with Crippen LogP contribution in [0, 0.1) is 0 Å². The first kappa shape index (κ1) is 16.6. The van der Waals surface area contributed by atoms with Crippen LogP contribution in [0.3, 0.4) is 0 Å². The van der Waals surface area contributed by atoms with Gasteiger partial charge in [0.15, 0.2) is 0 Å². The smallest absolute Gasteiger partial charge is 0.338 e. The lowest BCUT2D eigenvalue weighted by Gasteiger charge is -2.20. The minimum atomic E-state index is -4.94. The molecule has 0 radical (unpaired) electrons.